The number of fused-ring (bicyclic) bond motifs is 1. The number of carbonyl (C=O) groups is 1. The van der Waals surface area contributed by atoms with Gasteiger partial charge in [0.25, 0.3) is 16.0 Å². The molecule has 11 heteroatoms. The van der Waals surface area contributed by atoms with E-state index in [1.165, 1.54) is 0 Å². The predicted octanol–water partition coefficient (Wildman–Crippen LogP) is 2.66. The van der Waals surface area contributed by atoms with Crippen LogP contribution in [-0.2, 0) is 10.1 Å². The number of aryl methyl sites for hydroxylation is 1. The van der Waals surface area contributed by atoms with E-state index >= 15 is 0 Å². The largest absolute Gasteiger partial charge is 0.381 e. The molecule has 1 saturated carbocycles. The monoisotopic (exact) mass is 493 g/mol. The summed E-state index contributed by atoms with van der Waals surface area (Å²) in [6.45, 7) is 1.91. The number of nitrogens with zero attached hydrogens (tertiary/aromatic N) is 3. The van der Waals surface area contributed by atoms with Crippen LogP contribution in [0, 0.1) is 6.92 Å². The van der Waals surface area contributed by atoms with Crippen molar-refractivity contribution < 1.29 is 17.8 Å². The van der Waals surface area contributed by atoms with Gasteiger partial charge in [-0.15, -0.1) is 0 Å². The molecular formula is C19H20BrN5O4S. The Morgan fingerprint density at radius 3 is 2.77 bits per heavy atom. The van der Waals surface area contributed by atoms with E-state index in [1.807, 2.05) is 19.1 Å². The van der Waals surface area contributed by atoms with E-state index in [0.29, 0.717) is 27.5 Å². The number of nitrogens with one attached hydrogen (secondary N) is 2. The van der Waals surface area contributed by atoms with Gasteiger partial charge in [-0.05, 0) is 59.5 Å². The van der Waals surface area contributed by atoms with Crippen molar-refractivity contribution in [2.24, 2.45) is 0 Å². The minimum Gasteiger partial charge on any atom is -0.381 e. The lowest BCUT2D eigenvalue weighted by Crippen LogP contribution is -2.26. The van der Waals surface area contributed by atoms with Gasteiger partial charge in [-0.3, -0.25) is 9.35 Å². The molecule has 0 aliphatic heterocycles. The first-order valence-electron chi connectivity index (χ1n) is 9.36. The lowest BCUT2D eigenvalue weighted by Gasteiger charge is -2.10. The summed E-state index contributed by atoms with van der Waals surface area (Å²) in [5, 5.41) is 10.4. The second kappa shape index (κ2) is 7.97. The quantitative estimate of drug-likeness (QED) is 0.431. The zero-order valence-electron chi connectivity index (χ0n) is 16.1. The second-order valence-corrected chi connectivity index (χ2v) is 9.63. The number of benzene rings is 1. The van der Waals surface area contributed by atoms with Crippen molar-refractivity contribution in [3.05, 3.63) is 46.2 Å². The van der Waals surface area contributed by atoms with E-state index in [2.05, 4.69) is 36.6 Å². The molecule has 1 amide bonds. The molecule has 3 N–H and O–H groups in total. The average molecular weight is 494 g/mol. The number of rotatable bonds is 7. The Bertz CT molecular complexity index is 1240. The molecule has 0 saturated heterocycles. The SMILES string of the molecule is Cc1cc(-c2cnc3c(NCCS(=O)(=O)O)cc(Br)nn23)ccc1C(=O)NC1CC1. The standard InChI is InChI=1S/C19H20BrN5O4S/c1-11-8-12(2-5-14(11)19(26)23-13-3-4-13)16-10-22-18-15(9-17(20)24-25(16)18)21-6-7-30(27,28)29/h2,5,8-10,13,21H,3-4,6-7H2,1H3,(H,23,26)(H,27,28,29). The third-order valence-corrected chi connectivity index (χ3v) is 5.90. The molecule has 0 radical (unpaired) electrons. The van der Waals surface area contributed by atoms with Crippen LogP contribution >= 0.6 is 15.9 Å². The topological polar surface area (TPSA) is 126 Å². The third-order valence-electron chi connectivity index (χ3n) is 4.79. The maximum Gasteiger partial charge on any atom is 0.266 e. The minimum absolute atomic E-state index is 0.0249. The Morgan fingerprint density at radius 1 is 1.33 bits per heavy atom. The maximum atomic E-state index is 12.4. The molecule has 2 heterocycles. The first-order valence-corrected chi connectivity index (χ1v) is 11.8. The molecule has 0 unspecified atom stereocenters. The van der Waals surface area contributed by atoms with E-state index in [-0.39, 0.29) is 12.5 Å². The Hall–Kier alpha value is -2.50. The molecule has 2 aromatic heterocycles. The van der Waals surface area contributed by atoms with Crippen LogP contribution in [0.25, 0.3) is 16.9 Å². The van der Waals surface area contributed by atoms with Crippen LogP contribution in [0.3, 0.4) is 0 Å². The molecule has 30 heavy (non-hydrogen) atoms. The number of hydrogen-bond acceptors (Lipinski definition) is 6. The Balaban J connectivity index is 1.64. The van der Waals surface area contributed by atoms with E-state index in [1.54, 1.807) is 22.8 Å². The average Bonchev–Trinajstić information content (AvgIpc) is 3.36. The second-order valence-electron chi connectivity index (χ2n) is 7.25. The number of hydrogen-bond donors (Lipinski definition) is 3. The van der Waals surface area contributed by atoms with Crippen molar-refractivity contribution in [2.45, 2.75) is 25.8 Å². The van der Waals surface area contributed by atoms with Gasteiger partial charge in [-0.25, -0.2) is 9.50 Å². The van der Waals surface area contributed by atoms with E-state index in [4.69, 9.17) is 4.55 Å². The highest BCUT2D eigenvalue weighted by atomic mass is 79.9. The first-order chi connectivity index (χ1) is 14.2. The first kappa shape index (κ1) is 20.8. The number of carbonyl (C=O) groups excluding carboxylic acids is 1. The fourth-order valence-electron chi connectivity index (χ4n) is 3.15. The Labute approximate surface area is 181 Å². The minimum atomic E-state index is -4.06. The fraction of sp³-hybridized carbons (Fsp3) is 0.316. The molecule has 4 rings (SSSR count). The summed E-state index contributed by atoms with van der Waals surface area (Å²) < 4.78 is 33.0. The summed E-state index contributed by atoms with van der Waals surface area (Å²) >= 11 is 3.36. The maximum absolute atomic E-state index is 12.4. The summed E-state index contributed by atoms with van der Waals surface area (Å²) in [5.74, 6) is -0.484. The Morgan fingerprint density at radius 2 is 2.10 bits per heavy atom. The molecule has 1 aliphatic rings. The van der Waals surface area contributed by atoms with Crippen molar-refractivity contribution in [2.75, 3.05) is 17.6 Å². The summed E-state index contributed by atoms with van der Waals surface area (Å²) in [6.07, 6.45) is 3.74. The summed E-state index contributed by atoms with van der Waals surface area (Å²) in [6, 6.07) is 7.55. The molecule has 0 bridgehead atoms. The van der Waals surface area contributed by atoms with Crippen molar-refractivity contribution in [3.63, 3.8) is 0 Å². The highest BCUT2D eigenvalue weighted by Crippen LogP contribution is 2.28. The lowest BCUT2D eigenvalue weighted by molar-refractivity contribution is 0.0950. The highest BCUT2D eigenvalue weighted by Gasteiger charge is 2.24. The molecule has 1 fully saturated rings. The van der Waals surface area contributed by atoms with E-state index in [9.17, 15) is 13.2 Å². The smallest absolute Gasteiger partial charge is 0.266 e. The van der Waals surface area contributed by atoms with Gasteiger partial charge in [-0.2, -0.15) is 13.5 Å². The number of aromatic nitrogens is 3. The number of halogens is 1. The molecule has 0 spiro atoms. The number of amides is 1. The van der Waals surface area contributed by atoms with Crippen LogP contribution in [0.15, 0.2) is 35.1 Å². The van der Waals surface area contributed by atoms with Crippen LogP contribution in [0.5, 0.6) is 0 Å². The predicted molar refractivity (Wildman–Crippen MR) is 116 cm³/mol. The lowest BCUT2D eigenvalue weighted by atomic mass is 10.0. The number of imidazole rings is 1. The van der Waals surface area contributed by atoms with Crippen LogP contribution in [0.1, 0.15) is 28.8 Å². The van der Waals surface area contributed by atoms with E-state index in [0.717, 1.165) is 29.7 Å². The van der Waals surface area contributed by atoms with Gasteiger partial charge in [0.2, 0.25) is 0 Å². The van der Waals surface area contributed by atoms with Gasteiger partial charge < -0.3 is 10.6 Å². The summed E-state index contributed by atoms with van der Waals surface area (Å²) in [7, 11) is -4.06. The van der Waals surface area contributed by atoms with Crippen LogP contribution in [0.4, 0.5) is 5.69 Å². The van der Waals surface area contributed by atoms with Gasteiger partial charge in [0.05, 0.1) is 23.3 Å². The van der Waals surface area contributed by atoms with Gasteiger partial charge in [-0.1, -0.05) is 6.07 Å². The summed E-state index contributed by atoms with van der Waals surface area (Å²) in [5.41, 5.74) is 4.14. The fourth-order valence-corrected chi connectivity index (χ4v) is 3.90. The van der Waals surface area contributed by atoms with Crippen LogP contribution in [-0.4, -0.2) is 51.8 Å². The summed E-state index contributed by atoms with van der Waals surface area (Å²) in [4.78, 5) is 16.8. The van der Waals surface area contributed by atoms with E-state index < -0.39 is 15.9 Å². The van der Waals surface area contributed by atoms with Crippen molar-refractivity contribution in [3.8, 4) is 11.3 Å². The molecule has 0 atom stereocenters. The van der Waals surface area contributed by atoms with Crippen LogP contribution < -0.4 is 10.6 Å². The van der Waals surface area contributed by atoms with Crippen molar-refractivity contribution in [1.29, 1.82) is 0 Å². The highest BCUT2D eigenvalue weighted by molar-refractivity contribution is 9.10. The van der Waals surface area contributed by atoms with Gasteiger partial charge in [0.1, 0.15) is 4.60 Å². The van der Waals surface area contributed by atoms with Gasteiger partial charge >= 0.3 is 0 Å². The molecule has 1 aromatic carbocycles. The van der Waals surface area contributed by atoms with Gasteiger partial charge in [0, 0.05) is 23.7 Å². The zero-order valence-corrected chi connectivity index (χ0v) is 18.5. The Kier molecular flexibility index (Phi) is 5.51. The molecular weight excluding hydrogens is 474 g/mol. The molecule has 3 aromatic rings. The zero-order chi connectivity index (χ0) is 21.5. The van der Waals surface area contributed by atoms with Crippen molar-refractivity contribution >= 4 is 43.3 Å². The molecule has 158 valence electrons. The normalized spacial score (nSPS) is 14.1. The molecule has 9 nitrogen and oxygen atoms in total. The van der Waals surface area contributed by atoms with Crippen LogP contribution in [0.2, 0.25) is 0 Å². The van der Waals surface area contributed by atoms with Gasteiger partial charge in [0.15, 0.2) is 5.65 Å². The van der Waals surface area contributed by atoms with Crippen molar-refractivity contribution in [1.82, 2.24) is 19.9 Å². The number of anilines is 1. The third kappa shape index (κ3) is 4.63. The molecule has 1 aliphatic carbocycles.